The van der Waals surface area contributed by atoms with E-state index in [0.29, 0.717) is 0 Å². The first-order valence-corrected chi connectivity index (χ1v) is 8.21. The summed E-state index contributed by atoms with van der Waals surface area (Å²) in [6.07, 6.45) is -0.00680. The fraction of sp³-hybridized carbons (Fsp3) is 0.158. The van der Waals surface area contributed by atoms with E-state index in [4.69, 9.17) is 4.98 Å². The van der Waals surface area contributed by atoms with Gasteiger partial charge in [0.2, 0.25) is 0 Å². The fourth-order valence-corrected chi connectivity index (χ4v) is 3.68. The van der Waals surface area contributed by atoms with Crippen molar-refractivity contribution < 1.29 is 9.90 Å². The second-order valence-corrected chi connectivity index (χ2v) is 6.63. The zero-order valence-electron chi connectivity index (χ0n) is 13.0. The van der Waals surface area contributed by atoms with Crippen molar-refractivity contribution in [3.63, 3.8) is 0 Å². The zero-order chi connectivity index (χ0) is 16.4. The number of nitrogens with zero attached hydrogens (tertiary/aromatic N) is 1. The molecular weight excluding hydrogens is 306 g/mol. The van der Waals surface area contributed by atoms with E-state index >= 15 is 0 Å². The Morgan fingerprint density at radius 1 is 1.13 bits per heavy atom. The number of hydrogen-bond acceptors (Lipinski definition) is 3. The summed E-state index contributed by atoms with van der Waals surface area (Å²) >= 11 is 1.46. The molecule has 0 bridgehead atoms. The van der Waals surface area contributed by atoms with E-state index in [1.54, 1.807) is 0 Å². The Morgan fingerprint density at radius 2 is 1.87 bits per heavy atom. The number of thiazole rings is 1. The highest BCUT2D eigenvalue weighted by Gasteiger charge is 2.18. The number of carbonyl (C=O) groups is 1. The van der Waals surface area contributed by atoms with E-state index < -0.39 is 5.97 Å². The van der Waals surface area contributed by atoms with Gasteiger partial charge in [0, 0.05) is 16.0 Å². The second kappa shape index (κ2) is 6.34. The van der Waals surface area contributed by atoms with Gasteiger partial charge in [0.15, 0.2) is 0 Å². The molecule has 0 fully saturated rings. The first kappa shape index (κ1) is 15.4. The monoisotopic (exact) mass is 323 g/mol. The van der Waals surface area contributed by atoms with Gasteiger partial charge in [-0.25, -0.2) is 4.98 Å². The molecule has 116 valence electrons. The molecule has 0 aliphatic heterocycles. The Morgan fingerprint density at radius 3 is 2.52 bits per heavy atom. The molecule has 4 heteroatoms. The topological polar surface area (TPSA) is 50.2 Å². The lowest BCUT2D eigenvalue weighted by Crippen LogP contribution is -2.00. The maximum absolute atomic E-state index is 11.2. The quantitative estimate of drug-likeness (QED) is 0.755. The summed E-state index contributed by atoms with van der Waals surface area (Å²) in [4.78, 5) is 16.8. The van der Waals surface area contributed by atoms with E-state index in [-0.39, 0.29) is 6.42 Å². The summed E-state index contributed by atoms with van der Waals surface area (Å²) in [5, 5.41) is 10.1. The third-order valence-electron chi connectivity index (χ3n) is 3.67. The van der Waals surface area contributed by atoms with Gasteiger partial charge in [-0.2, -0.15) is 0 Å². The SMILES string of the molecule is Cc1ccc(-c2nc(-c3ccccc3)sc2CC(=O)O)c(C)c1. The van der Waals surface area contributed by atoms with Crippen molar-refractivity contribution in [2.45, 2.75) is 20.3 Å². The smallest absolute Gasteiger partial charge is 0.308 e. The Labute approximate surface area is 139 Å². The minimum Gasteiger partial charge on any atom is -0.481 e. The van der Waals surface area contributed by atoms with Crippen LogP contribution in [0.5, 0.6) is 0 Å². The number of carboxylic acids is 1. The van der Waals surface area contributed by atoms with Gasteiger partial charge in [-0.3, -0.25) is 4.79 Å². The van der Waals surface area contributed by atoms with Crippen LogP contribution in [0.4, 0.5) is 0 Å². The molecule has 0 aliphatic rings. The number of aromatic nitrogens is 1. The molecule has 1 N–H and O–H groups in total. The molecule has 0 amide bonds. The Hall–Kier alpha value is -2.46. The molecule has 1 heterocycles. The minimum absolute atomic E-state index is 0.00680. The van der Waals surface area contributed by atoms with Gasteiger partial charge in [-0.15, -0.1) is 11.3 Å². The summed E-state index contributed by atoms with van der Waals surface area (Å²) in [6.45, 7) is 4.08. The van der Waals surface area contributed by atoms with Crippen LogP contribution in [0.2, 0.25) is 0 Å². The molecule has 1 aromatic heterocycles. The highest BCUT2D eigenvalue weighted by molar-refractivity contribution is 7.15. The first-order chi connectivity index (χ1) is 11.0. The summed E-state index contributed by atoms with van der Waals surface area (Å²) in [5.74, 6) is -0.834. The standard InChI is InChI=1S/C19H17NO2S/c1-12-8-9-15(13(2)10-12)18-16(11-17(21)22)23-19(20-18)14-6-4-3-5-7-14/h3-10H,11H2,1-2H3,(H,21,22). The number of benzene rings is 2. The Balaban J connectivity index is 2.14. The average molecular weight is 323 g/mol. The van der Waals surface area contributed by atoms with Crippen molar-refractivity contribution in [1.29, 1.82) is 0 Å². The van der Waals surface area contributed by atoms with Gasteiger partial charge < -0.3 is 5.11 Å². The highest BCUT2D eigenvalue weighted by Crippen LogP contribution is 2.35. The van der Waals surface area contributed by atoms with Crippen LogP contribution in [-0.4, -0.2) is 16.1 Å². The maximum atomic E-state index is 11.2. The molecule has 0 saturated heterocycles. The maximum Gasteiger partial charge on any atom is 0.308 e. The fourth-order valence-electron chi connectivity index (χ4n) is 2.60. The van der Waals surface area contributed by atoms with E-state index in [1.165, 1.54) is 16.9 Å². The van der Waals surface area contributed by atoms with Crippen LogP contribution in [0.25, 0.3) is 21.8 Å². The van der Waals surface area contributed by atoms with E-state index in [9.17, 15) is 9.90 Å². The van der Waals surface area contributed by atoms with Crippen molar-refractivity contribution >= 4 is 17.3 Å². The molecule has 2 aromatic carbocycles. The summed E-state index contributed by atoms with van der Waals surface area (Å²) in [7, 11) is 0. The largest absolute Gasteiger partial charge is 0.481 e. The summed E-state index contributed by atoms with van der Waals surface area (Å²) < 4.78 is 0. The molecule has 0 saturated carbocycles. The summed E-state index contributed by atoms with van der Waals surface area (Å²) in [6, 6.07) is 16.0. The molecule has 0 unspecified atom stereocenters. The van der Waals surface area contributed by atoms with Crippen LogP contribution in [0.1, 0.15) is 16.0 Å². The Bertz CT molecular complexity index is 853. The summed E-state index contributed by atoms with van der Waals surface area (Å²) in [5.41, 5.74) is 5.10. The normalized spacial score (nSPS) is 10.7. The third kappa shape index (κ3) is 3.32. The molecule has 0 spiro atoms. The zero-order valence-corrected chi connectivity index (χ0v) is 13.9. The van der Waals surface area contributed by atoms with Crippen LogP contribution < -0.4 is 0 Å². The van der Waals surface area contributed by atoms with Gasteiger partial charge in [-0.05, 0) is 19.4 Å². The van der Waals surface area contributed by atoms with E-state index in [0.717, 1.165) is 32.3 Å². The average Bonchev–Trinajstić information content (AvgIpc) is 2.91. The van der Waals surface area contributed by atoms with Crippen molar-refractivity contribution in [3.8, 4) is 21.8 Å². The molecular formula is C19H17NO2S. The molecule has 0 aliphatic carbocycles. The third-order valence-corrected chi connectivity index (χ3v) is 4.77. The molecule has 0 atom stereocenters. The van der Waals surface area contributed by atoms with Gasteiger partial charge in [0.05, 0.1) is 12.1 Å². The van der Waals surface area contributed by atoms with Crippen LogP contribution in [-0.2, 0) is 11.2 Å². The van der Waals surface area contributed by atoms with E-state index in [2.05, 4.69) is 6.07 Å². The molecule has 23 heavy (non-hydrogen) atoms. The van der Waals surface area contributed by atoms with Crippen LogP contribution in [0, 0.1) is 13.8 Å². The molecule has 3 rings (SSSR count). The molecule has 3 aromatic rings. The van der Waals surface area contributed by atoms with Crippen LogP contribution in [0.15, 0.2) is 48.5 Å². The van der Waals surface area contributed by atoms with Crippen LogP contribution >= 0.6 is 11.3 Å². The molecule has 3 nitrogen and oxygen atoms in total. The second-order valence-electron chi connectivity index (χ2n) is 5.55. The first-order valence-electron chi connectivity index (χ1n) is 7.39. The number of carboxylic acid groups (broad SMARTS) is 1. The molecule has 0 radical (unpaired) electrons. The number of aliphatic carboxylic acids is 1. The number of rotatable bonds is 4. The van der Waals surface area contributed by atoms with Gasteiger partial charge in [-0.1, -0.05) is 54.1 Å². The van der Waals surface area contributed by atoms with Crippen molar-refractivity contribution in [2.24, 2.45) is 0 Å². The number of hydrogen-bond donors (Lipinski definition) is 1. The number of aryl methyl sites for hydroxylation is 2. The Kier molecular flexibility index (Phi) is 4.26. The highest BCUT2D eigenvalue weighted by atomic mass is 32.1. The van der Waals surface area contributed by atoms with Crippen LogP contribution in [0.3, 0.4) is 0 Å². The van der Waals surface area contributed by atoms with Crippen molar-refractivity contribution in [1.82, 2.24) is 4.98 Å². The van der Waals surface area contributed by atoms with E-state index in [1.807, 2.05) is 56.3 Å². The van der Waals surface area contributed by atoms with Gasteiger partial charge in [0.25, 0.3) is 0 Å². The predicted octanol–water partition coefficient (Wildman–Crippen LogP) is 4.72. The van der Waals surface area contributed by atoms with Gasteiger partial charge >= 0.3 is 5.97 Å². The lowest BCUT2D eigenvalue weighted by Gasteiger charge is -2.06. The lowest BCUT2D eigenvalue weighted by atomic mass is 10.0. The van der Waals surface area contributed by atoms with Gasteiger partial charge in [0.1, 0.15) is 5.01 Å². The lowest BCUT2D eigenvalue weighted by molar-refractivity contribution is -0.136. The predicted molar refractivity (Wildman–Crippen MR) is 93.8 cm³/mol. The minimum atomic E-state index is -0.834. The van der Waals surface area contributed by atoms with Crippen molar-refractivity contribution in [3.05, 3.63) is 64.5 Å². The van der Waals surface area contributed by atoms with Crippen molar-refractivity contribution in [2.75, 3.05) is 0 Å².